The molecule has 3 unspecified atom stereocenters. The van der Waals surface area contributed by atoms with Crippen molar-refractivity contribution in [1.29, 1.82) is 0 Å². The molecule has 0 aliphatic carbocycles. The summed E-state index contributed by atoms with van der Waals surface area (Å²) in [4.78, 5) is 42.3. The van der Waals surface area contributed by atoms with Gasteiger partial charge in [0.1, 0.15) is 23.4 Å². The number of ether oxygens (including phenoxy) is 2. The van der Waals surface area contributed by atoms with Gasteiger partial charge in [-0.05, 0) is 76.3 Å². The minimum atomic E-state index is -0.921. The average Bonchev–Trinajstić information content (AvgIpc) is 2.85. The maximum Gasteiger partial charge on any atom is 0.408 e. The Morgan fingerprint density at radius 1 is 0.947 bits per heavy atom. The first-order chi connectivity index (χ1) is 17.9. The fourth-order valence-electron chi connectivity index (χ4n) is 4.08. The van der Waals surface area contributed by atoms with Crippen LogP contribution in [-0.2, 0) is 14.3 Å². The van der Waals surface area contributed by atoms with Crippen LogP contribution in [-0.4, -0.2) is 47.6 Å². The molecule has 2 N–H and O–H groups in total. The summed E-state index contributed by atoms with van der Waals surface area (Å²) in [7, 11) is 1.58. The van der Waals surface area contributed by atoms with Gasteiger partial charge in [-0.3, -0.25) is 9.59 Å². The van der Waals surface area contributed by atoms with Crippen LogP contribution in [0.5, 0.6) is 5.75 Å². The Morgan fingerprint density at radius 3 is 2.05 bits per heavy atom. The van der Waals surface area contributed by atoms with Gasteiger partial charge in [0.15, 0.2) is 0 Å². The highest BCUT2D eigenvalue weighted by Gasteiger charge is 2.38. The molecular weight excluding hydrogens is 482 g/mol. The van der Waals surface area contributed by atoms with Crippen LogP contribution >= 0.6 is 0 Å². The van der Waals surface area contributed by atoms with Crippen molar-refractivity contribution in [3.8, 4) is 5.75 Å². The van der Waals surface area contributed by atoms with E-state index in [9.17, 15) is 14.4 Å². The molecule has 2 rings (SSSR count). The van der Waals surface area contributed by atoms with Crippen molar-refractivity contribution in [2.75, 3.05) is 12.4 Å². The third kappa shape index (κ3) is 9.08. The molecular formula is C30H43N3O5. The van der Waals surface area contributed by atoms with Crippen molar-refractivity contribution in [2.24, 2.45) is 5.92 Å². The molecule has 0 saturated heterocycles. The highest BCUT2D eigenvalue weighted by atomic mass is 16.6. The molecule has 3 atom stereocenters. The third-order valence-electron chi connectivity index (χ3n) is 6.02. The van der Waals surface area contributed by atoms with E-state index in [1.807, 2.05) is 58.0 Å². The second kappa shape index (κ2) is 13.8. The van der Waals surface area contributed by atoms with Crippen LogP contribution in [0.2, 0.25) is 0 Å². The summed E-state index contributed by atoms with van der Waals surface area (Å²) in [6.07, 6.45) is 0.345. The third-order valence-corrected chi connectivity index (χ3v) is 6.02. The second-order valence-electron chi connectivity index (χ2n) is 10.9. The second-order valence-corrected chi connectivity index (χ2v) is 10.9. The Labute approximate surface area is 227 Å². The molecule has 8 nitrogen and oxygen atoms in total. The van der Waals surface area contributed by atoms with Crippen LogP contribution in [0.1, 0.15) is 72.9 Å². The molecule has 3 amide bonds. The Kier molecular flexibility index (Phi) is 11.2. The zero-order valence-corrected chi connectivity index (χ0v) is 23.9. The molecule has 2 aromatic rings. The Hall–Kier alpha value is -3.55. The zero-order chi connectivity index (χ0) is 28.5. The first kappa shape index (κ1) is 30.7. The van der Waals surface area contributed by atoms with Gasteiger partial charge in [-0.25, -0.2) is 4.79 Å². The molecule has 0 heterocycles. The predicted molar refractivity (Wildman–Crippen MR) is 150 cm³/mol. The van der Waals surface area contributed by atoms with Crippen molar-refractivity contribution in [1.82, 2.24) is 10.2 Å². The van der Waals surface area contributed by atoms with E-state index in [0.717, 1.165) is 0 Å². The summed E-state index contributed by atoms with van der Waals surface area (Å²) in [5, 5.41) is 5.73. The molecule has 0 aromatic heterocycles. The summed E-state index contributed by atoms with van der Waals surface area (Å²) >= 11 is 0. The van der Waals surface area contributed by atoms with Gasteiger partial charge in [-0.15, -0.1) is 0 Å². The van der Waals surface area contributed by atoms with E-state index in [-0.39, 0.29) is 23.8 Å². The number of carbonyl (C=O) groups is 3. The van der Waals surface area contributed by atoms with Gasteiger partial charge < -0.3 is 25.0 Å². The number of nitrogens with zero attached hydrogens (tertiary/aromatic N) is 1. The molecule has 208 valence electrons. The van der Waals surface area contributed by atoms with Gasteiger partial charge in [-0.1, -0.05) is 51.1 Å². The van der Waals surface area contributed by atoms with E-state index in [1.54, 1.807) is 57.0 Å². The van der Waals surface area contributed by atoms with Crippen LogP contribution < -0.4 is 15.4 Å². The SMILES string of the molecule is CCC(C)N(C(=O)C(CC(C)C)NC(=O)OC(C)(C)C)C(C(=O)Nc1ccc(OC)cc1)c1ccccc1. The lowest BCUT2D eigenvalue weighted by Crippen LogP contribution is -2.55. The number of hydrogen-bond donors (Lipinski definition) is 2. The monoisotopic (exact) mass is 525 g/mol. The summed E-state index contributed by atoms with van der Waals surface area (Å²) < 4.78 is 10.7. The summed E-state index contributed by atoms with van der Waals surface area (Å²) in [6, 6.07) is 14.2. The van der Waals surface area contributed by atoms with Gasteiger partial charge in [0.05, 0.1) is 7.11 Å². The maximum atomic E-state index is 14.2. The lowest BCUT2D eigenvalue weighted by Gasteiger charge is -2.38. The lowest BCUT2D eigenvalue weighted by atomic mass is 9.97. The minimum absolute atomic E-state index is 0.112. The Bertz CT molecular complexity index is 1050. The average molecular weight is 526 g/mol. The van der Waals surface area contributed by atoms with E-state index >= 15 is 0 Å². The first-order valence-electron chi connectivity index (χ1n) is 13.2. The molecule has 0 radical (unpaired) electrons. The van der Waals surface area contributed by atoms with Gasteiger partial charge in [0.25, 0.3) is 5.91 Å². The molecule has 0 aliphatic heterocycles. The van der Waals surface area contributed by atoms with Crippen molar-refractivity contribution in [2.45, 2.75) is 85.0 Å². The largest absolute Gasteiger partial charge is 0.497 e. The number of amides is 3. The minimum Gasteiger partial charge on any atom is -0.497 e. The molecule has 0 spiro atoms. The number of carbonyl (C=O) groups excluding carboxylic acids is 3. The number of rotatable bonds is 11. The summed E-state index contributed by atoms with van der Waals surface area (Å²) in [6.45, 7) is 13.2. The molecule has 0 fully saturated rings. The van der Waals surface area contributed by atoms with Crippen molar-refractivity contribution in [3.05, 3.63) is 60.2 Å². The Balaban J connectivity index is 2.50. The van der Waals surface area contributed by atoms with Gasteiger partial charge >= 0.3 is 6.09 Å². The van der Waals surface area contributed by atoms with Crippen molar-refractivity contribution < 1.29 is 23.9 Å². The fraction of sp³-hybridized carbons (Fsp3) is 0.500. The molecule has 0 aliphatic rings. The maximum absolute atomic E-state index is 14.2. The number of nitrogens with one attached hydrogen (secondary N) is 2. The first-order valence-corrected chi connectivity index (χ1v) is 13.2. The van der Waals surface area contributed by atoms with Crippen LogP contribution in [0.3, 0.4) is 0 Å². The molecule has 8 heteroatoms. The highest BCUT2D eigenvalue weighted by Crippen LogP contribution is 2.28. The lowest BCUT2D eigenvalue weighted by molar-refractivity contribution is -0.143. The van der Waals surface area contributed by atoms with Crippen LogP contribution in [0, 0.1) is 5.92 Å². The van der Waals surface area contributed by atoms with E-state index in [0.29, 0.717) is 29.8 Å². The normalized spacial score (nSPS) is 13.7. The van der Waals surface area contributed by atoms with Crippen molar-refractivity contribution in [3.63, 3.8) is 0 Å². The number of alkyl carbamates (subject to hydrolysis) is 1. The Morgan fingerprint density at radius 2 is 1.55 bits per heavy atom. The van der Waals surface area contributed by atoms with E-state index in [2.05, 4.69) is 10.6 Å². The van der Waals surface area contributed by atoms with Gasteiger partial charge in [0, 0.05) is 11.7 Å². The topological polar surface area (TPSA) is 97.0 Å². The number of methoxy groups -OCH3 is 1. The smallest absolute Gasteiger partial charge is 0.408 e. The summed E-state index contributed by atoms with van der Waals surface area (Å²) in [5.41, 5.74) is 0.545. The molecule has 38 heavy (non-hydrogen) atoms. The molecule has 0 bridgehead atoms. The standard InChI is InChI=1S/C30H43N3O5/c1-9-21(4)33(28(35)25(19-20(2)3)32-29(36)38-30(5,6)7)26(22-13-11-10-12-14-22)27(34)31-23-15-17-24(37-8)18-16-23/h10-18,20-21,25-26H,9,19H2,1-8H3,(H,31,34)(H,32,36). The van der Waals surface area contributed by atoms with E-state index in [4.69, 9.17) is 9.47 Å². The number of anilines is 1. The van der Waals surface area contributed by atoms with Gasteiger partial charge in [-0.2, -0.15) is 0 Å². The number of benzene rings is 2. The number of hydrogen-bond acceptors (Lipinski definition) is 5. The van der Waals surface area contributed by atoms with Crippen LogP contribution in [0.15, 0.2) is 54.6 Å². The fourth-order valence-corrected chi connectivity index (χ4v) is 4.08. The van der Waals surface area contributed by atoms with E-state index < -0.39 is 23.8 Å². The van der Waals surface area contributed by atoms with Crippen LogP contribution in [0.4, 0.5) is 10.5 Å². The van der Waals surface area contributed by atoms with E-state index in [1.165, 1.54) is 0 Å². The highest BCUT2D eigenvalue weighted by molar-refractivity contribution is 5.99. The quantitative estimate of drug-likeness (QED) is 0.378. The molecule has 2 aromatic carbocycles. The molecule has 0 saturated carbocycles. The van der Waals surface area contributed by atoms with Crippen molar-refractivity contribution >= 4 is 23.6 Å². The van der Waals surface area contributed by atoms with Gasteiger partial charge in [0.2, 0.25) is 5.91 Å². The predicted octanol–water partition coefficient (Wildman–Crippen LogP) is 5.94. The van der Waals surface area contributed by atoms with Crippen LogP contribution in [0.25, 0.3) is 0 Å². The zero-order valence-electron chi connectivity index (χ0n) is 23.9. The summed E-state index contributed by atoms with van der Waals surface area (Å²) in [5.74, 6) is 0.0953.